The van der Waals surface area contributed by atoms with Crippen molar-refractivity contribution < 1.29 is 8.78 Å². The standard InChI is InChI=1S/C13H18F2N2/c1-17-6-5-11(8-16)12(17)9-3-2-4-10(7-9)13(14)15/h2-4,7,11-13H,5-6,8,16H2,1H3. The summed E-state index contributed by atoms with van der Waals surface area (Å²) in [5.74, 6) is 0.368. The highest BCUT2D eigenvalue weighted by molar-refractivity contribution is 5.28. The van der Waals surface area contributed by atoms with Crippen molar-refractivity contribution in [3.05, 3.63) is 35.4 Å². The van der Waals surface area contributed by atoms with Crippen molar-refractivity contribution in [2.45, 2.75) is 18.9 Å². The highest BCUT2D eigenvalue weighted by Crippen LogP contribution is 2.36. The quantitative estimate of drug-likeness (QED) is 0.879. The lowest BCUT2D eigenvalue weighted by molar-refractivity contribution is 0.151. The molecule has 1 saturated heterocycles. The van der Waals surface area contributed by atoms with Gasteiger partial charge in [0.15, 0.2) is 0 Å². The van der Waals surface area contributed by atoms with Gasteiger partial charge in [-0.3, -0.25) is 4.90 Å². The van der Waals surface area contributed by atoms with E-state index in [1.54, 1.807) is 12.1 Å². The molecule has 2 N–H and O–H groups in total. The maximum absolute atomic E-state index is 12.7. The summed E-state index contributed by atoms with van der Waals surface area (Å²) in [6.07, 6.45) is -1.37. The monoisotopic (exact) mass is 240 g/mol. The molecule has 0 saturated carbocycles. The van der Waals surface area contributed by atoms with Crippen LogP contribution in [0.1, 0.15) is 30.0 Å². The van der Waals surface area contributed by atoms with E-state index in [4.69, 9.17) is 5.73 Å². The Morgan fingerprint density at radius 3 is 2.88 bits per heavy atom. The Kier molecular flexibility index (Phi) is 3.74. The normalized spacial score (nSPS) is 25.7. The smallest absolute Gasteiger partial charge is 0.263 e. The Hall–Kier alpha value is -1.00. The number of nitrogens with two attached hydrogens (primary N) is 1. The van der Waals surface area contributed by atoms with Crippen LogP contribution in [0.25, 0.3) is 0 Å². The van der Waals surface area contributed by atoms with Gasteiger partial charge < -0.3 is 5.73 Å². The number of benzene rings is 1. The van der Waals surface area contributed by atoms with Gasteiger partial charge >= 0.3 is 0 Å². The number of nitrogens with zero attached hydrogens (tertiary/aromatic N) is 1. The summed E-state index contributed by atoms with van der Waals surface area (Å²) in [6.45, 7) is 1.58. The fraction of sp³-hybridized carbons (Fsp3) is 0.538. The van der Waals surface area contributed by atoms with Crippen molar-refractivity contribution in [3.63, 3.8) is 0 Å². The number of rotatable bonds is 3. The average Bonchev–Trinajstić information content (AvgIpc) is 2.70. The summed E-state index contributed by atoms with van der Waals surface area (Å²) in [6, 6.07) is 6.89. The number of hydrogen-bond acceptors (Lipinski definition) is 2. The van der Waals surface area contributed by atoms with Crippen LogP contribution in [-0.2, 0) is 0 Å². The number of hydrogen-bond donors (Lipinski definition) is 1. The molecule has 0 aromatic heterocycles. The van der Waals surface area contributed by atoms with E-state index in [2.05, 4.69) is 4.90 Å². The third-order valence-electron chi connectivity index (χ3n) is 3.58. The summed E-state index contributed by atoms with van der Waals surface area (Å²) >= 11 is 0. The molecule has 0 spiro atoms. The molecule has 1 aliphatic rings. The van der Waals surface area contributed by atoms with Crippen molar-refractivity contribution in [1.82, 2.24) is 4.90 Å². The molecule has 2 nitrogen and oxygen atoms in total. The van der Waals surface area contributed by atoms with Crippen molar-refractivity contribution in [2.75, 3.05) is 20.1 Å². The molecular formula is C13H18F2N2. The molecular weight excluding hydrogens is 222 g/mol. The second-order valence-electron chi connectivity index (χ2n) is 4.68. The van der Waals surface area contributed by atoms with Gasteiger partial charge in [-0.25, -0.2) is 8.78 Å². The molecule has 94 valence electrons. The first-order valence-corrected chi connectivity index (χ1v) is 5.91. The predicted octanol–water partition coefficient (Wildman–Crippen LogP) is 2.58. The molecule has 1 aliphatic heterocycles. The second kappa shape index (κ2) is 5.10. The third-order valence-corrected chi connectivity index (χ3v) is 3.58. The lowest BCUT2D eigenvalue weighted by atomic mass is 9.93. The molecule has 0 amide bonds. The van der Waals surface area contributed by atoms with Gasteiger partial charge in [-0.05, 0) is 44.1 Å². The minimum atomic E-state index is -2.40. The zero-order chi connectivity index (χ0) is 12.4. The fourth-order valence-electron chi connectivity index (χ4n) is 2.68. The highest BCUT2D eigenvalue weighted by atomic mass is 19.3. The molecule has 0 bridgehead atoms. The Morgan fingerprint density at radius 2 is 2.24 bits per heavy atom. The Morgan fingerprint density at radius 1 is 1.47 bits per heavy atom. The molecule has 0 radical (unpaired) electrons. The lowest BCUT2D eigenvalue weighted by Crippen LogP contribution is -2.25. The van der Waals surface area contributed by atoms with Crippen LogP contribution in [0.15, 0.2) is 24.3 Å². The summed E-state index contributed by atoms with van der Waals surface area (Å²) in [5.41, 5.74) is 6.80. The molecule has 0 aliphatic carbocycles. The maximum atomic E-state index is 12.7. The predicted molar refractivity (Wildman–Crippen MR) is 63.9 cm³/mol. The maximum Gasteiger partial charge on any atom is 0.263 e. The molecule has 2 atom stereocenters. The summed E-state index contributed by atoms with van der Waals surface area (Å²) < 4.78 is 25.3. The average molecular weight is 240 g/mol. The molecule has 1 fully saturated rings. The SMILES string of the molecule is CN1CCC(CN)C1c1cccc(C(F)F)c1. The molecule has 2 unspecified atom stereocenters. The van der Waals surface area contributed by atoms with Gasteiger partial charge in [0, 0.05) is 11.6 Å². The van der Waals surface area contributed by atoms with Gasteiger partial charge in [0.25, 0.3) is 6.43 Å². The summed E-state index contributed by atoms with van der Waals surface area (Å²) in [5, 5.41) is 0. The van der Waals surface area contributed by atoms with Crippen LogP contribution in [0.4, 0.5) is 8.78 Å². The fourth-order valence-corrected chi connectivity index (χ4v) is 2.68. The van der Waals surface area contributed by atoms with Crippen molar-refractivity contribution >= 4 is 0 Å². The van der Waals surface area contributed by atoms with Crippen LogP contribution in [0, 0.1) is 5.92 Å². The van der Waals surface area contributed by atoms with E-state index in [-0.39, 0.29) is 11.6 Å². The topological polar surface area (TPSA) is 29.3 Å². The molecule has 17 heavy (non-hydrogen) atoms. The molecule has 1 aromatic rings. The molecule has 1 aromatic carbocycles. The van der Waals surface area contributed by atoms with Crippen molar-refractivity contribution in [3.8, 4) is 0 Å². The van der Waals surface area contributed by atoms with E-state index >= 15 is 0 Å². The minimum Gasteiger partial charge on any atom is -0.330 e. The first-order valence-electron chi connectivity index (χ1n) is 5.91. The van der Waals surface area contributed by atoms with Crippen LogP contribution >= 0.6 is 0 Å². The molecule has 4 heteroatoms. The zero-order valence-electron chi connectivity index (χ0n) is 9.94. The number of halogens is 2. The van der Waals surface area contributed by atoms with E-state index in [1.165, 1.54) is 6.07 Å². The van der Waals surface area contributed by atoms with Crippen LogP contribution in [0.3, 0.4) is 0 Å². The summed E-state index contributed by atoms with van der Waals surface area (Å²) in [7, 11) is 2.02. The minimum absolute atomic E-state index is 0.0959. The third kappa shape index (κ3) is 2.48. The van der Waals surface area contributed by atoms with Gasteiger partial charge in [-0.1, -0.05) is 18.2 Å². The first-order chi connectivity index (χ1) is 8.13. The lowest BCUT2D eigenvalue weighted by Gasteiger charge is -2.25. The van der Waals surface area contributed by atoms with E-state index < -0.39 is 6.43 Å². The largest absolute Gasteiger partial charge is 0.330 e. The zero-order valence-corrected chi connectivity index (χ0v) is 9.94. The molecule has 2 rings (SSSR count). The van der Waals surface area contributed by atoms with Crippen LogP contribution in [0.2, 0.25) is 0 Å². The number of alkyl halides is 2. The summed E-state index contributed by atoms with van der Waals surface area (Å²) in [4.78, 5) is 2.20. The van der Waals surface area contributed by atoms with Crippen LogP contribution < -0.4 is 5.73 Å². The Bertz CT molecular complexity index is 381. The van der Waals surface area contributed by atoms with Crippen LogP contribution in [-0.4, -0.2) is 25.0 Å². The van der Waals surface area contributed by atoms with E-state index in [9.17, 15) is 8.78 Å². The first kappa shape index (κ1) is 12.5. The van der Waals surface area contributed by atoms with Crippen LogP contribution in [0.5, 0.6) is 0 Å². The van der Waals surface area contributed by atoms with Crippen molar-refractivity contribution in [1.29, 1.82) is 0 Å². The van der Waals surface area contributed by atoms with Gasteiger partial charge in [0.2, 0.25) is 0 Å². The second-order valence-corrected chi connectivity index (χ2v) is 4.68. The van der Waals surface area contributed by atoms with Gasteiger partial charge in [0.1, 0.15) is 0 Å². The van der Waals surface area contributed by atoms with E-state index in [0.29, 0.717) is 12.5 Å². The van der Waals surface area contributed by atoms with Gasteiger partial charge in [-0.15, -0.1) is 0 Å². The van der Waals surface area contributed by atoms with Crippen molar-refractivity contribution in [2.24, 2.45) is 11.7 Å². The Balaban J connectivity index is 2.29. The number of likely N-dealkylation sites (tertiary alicyclic amines) is 1. The highest BCUT2D eigenvalue weighted by Gasteiger charge is 2.32. The van der Waals surface area contributed by atoms with E-state index in [1.807, 2.05) is 13.1 Å². The molecule has 1 heterocycles. The van der Waals surface area contributed by atoms with Gasteiger partial charge in [0.05, 0.1) is 0 Å². The van der Waals surface area contributed by atoms with E-state index in [0.717, 1.165) is 18.5 Å². The van der Waals surface area contributed by atoms with Gasteiger partial charge in [-0.2, -0.15) is 0 Å². The Labute approximate surface area is 100 Å².